The first-order valence-corrected chi connectivity index (χ1v) is 7.12. The number of para-hydroxylation sites is 1. The molecule has 1 aliphatic rings. The van der Waals surface area contributed by atoms with Gasteiger partial charge in [0.25, 0.3) is 0 Å². The first-order chi connectivity index (χ1) is 9.04. The van der Waals surface area contributed by atoms with Crippen LogP contribution in [0.25, 0.3) is 0 Å². The molecule has 1 aromatic rings. The first-order valence-electron chi connectivity index (χ1n) is 7.12. The molecule has 1 heterocycles. The number of aryl methyl sites for hydroxylation is 1. The minimum absolute atomic E-state index is 0.0931. The van der Waals surface area contributed by atoms with Gasteiger partial charge >= 0.3 is 0 Å². The molecule has 0 bridgehead atoms. The molecule has 1 amide bonds. The molecule has 1 N–H and O–H groups in total. The molecule has 3 heteroatoms. The highest BCUT2D eigenvalue weighted by Gasteiger charge is 2.23. The van der Waals surface area contributed by atoms with E-state index in [4.69, 9.17) is 0 Å². The van der Waals surface area contributed by atoms with Gasteiger partial charge in [-0.15, -0.1) is 0 Å². The SMILES string of the molecule is Cc1ccccc1NC(=O)CN1CC(C)CC(C)C1. The van der Waals surface area contributed by atoms with Crippen molar-refractivity contribution < 1.29 is 4.79 Å². The second-order valence-electron chi connectivity index (χ2n) is 6.00. The molecule has 2 unspecified atom stereocenters. The van der Waals surface area contributed by atoms with Gasteiger partial charge in [0.15, 0.2) is 0 Å². The van der Waals surface area contributed by atoms with E-state index in [-0.39, 0.29) is 5.91 Å². The maximum absolute atomic E-state index is 12.1. The zero-order valence-electron chi connectivity index (χ0n) is 12.1. The van der Waals surface area contributed by atoms with Crippen LogP contribution in [0.15, 0.2) is 24.3 Å². The lowest BCUT2D eigenvalue weighted by Crippen LogP contribution is -2.42. The highest BCUT2D eigenvalue weighted by atomic mass is 16.2. The van der Waals surface area contributed by atoms with E-state index in [1.54, 1.807) is 0 Å². The highest BCUT2D eigenvalue weighted by molar-refractivity contribution is 5.92. The van der Waals surface area contributed by atoms with Gasteiger partial charge in [-0.25, -0.2) is 0 Å². The summed E-state index contributed by atoms with van der Waals surface area (Å²) in [6.07, 6.45) is 1.27. The standard InChI is InChI=1S/C16H24N2O/c1-12-8-13(2)10-18(9-12)11-16(19)17-15-7-5-4-6-14(15)3/h4-7,12-13H,8-11H2,1-3H3,(H,17,19). The molecule has 2 rings (SSSR count). The van der Waals surface area contributed by atoms with Crippen molar-refractivity contribution in [1.29, 1.82) is 0 Å². The van der Waals surface area contributed by atoms with E-state index in [1.807, 2.05) is 31.2 Å². The minimum atomic E-state index is 0.0931. The summed E-state index contributed by atoms with van der Waals surface area (Å²) in [7, 11) is 0. The zero-order chi connectivity index (χ0) is 13.8. The largest absolute Gasteiger partial charge is 0.325 e. The topological polar surface area (TPSA) is 32.3 Å². The molecule has 1 fully saturated rings. The summed E-state index contributed by atoms with van der Waals surface area (Å²) < 4.78 is 0. The molecule has 0 radical (unpaired) electrons. The lowest BCUT2D eigenvalue weighted by molar-refractivity contribution is -0.117. The van der Waals surface area contributed by atoms with Crippen LogP contribution < -0.4 is 5.32 Å². The second kappa shape index (κ2) is 6.20. The van der Waals surface area contributed by atoms with E-state index in [0.29, 0.717) is 18.4 Å². The number of rotatable bonds is 3. The number of amides is 1. The molecule has 3 nitrogen and oxygen atoms in total. The number of anilines is 1. The van der Waals surface area contributed by atoms with Crippen LogP contribution in [-0.2, 0) is 4.79 Å². The van der Waals surface area contributed by atoms with Crippen LogP contribution >= 0.6 is 0 Å². The number of likely N-dealkylation sites (tertiary alicyclic amines) is 1. The molecule has 0 saturated carbocycles. The number of benzene rings is 1. The third-order valence-electron chi connectivity index (χ3n) is 3.73. The Labute approximate surface area is 116 Å². The van der Waals surface area contributed by atoms with Crippen LogP contribution in [0.1, 0.15) is 25.8 Å². The Morgan fingerprint density at radius 2 is 1.89 bits per heavy atom. The van der Waals surface area contributed by atoms with Crippen molar-refractivity contribution in [2.24, 2.45) is 11.8 Å². The summed E-state index contributed by atoms with van der Waals surface area (Å²) in [5.41, 5.74) is 2.03. The third-order valence-corrected chi connectivity index (χ3v) is 3.73. The maximum Gasteiger partial charge on any atom is 0.238 e. The molecule has 0 aliphatic carbocycles. The van der Waals surface area contributed by atoms with E-state index in [1.165, 1.54) is 6.42 Å². The Hall–Kier alpha value is -1.35. The number of hydrogen-bond acceptors (Lipinski definition) is 2. The van der Waals surface area contributed by atoms with Gasteiger partial charge in [0, 0.05) is 18.8 Å². The lowest BCUT2D eigenvalue weighted by atomic mass is 9.92. The van der Waals surface area contributed by atoms with Gasteiger partial charge in [0.05, 0.1) is 6.54 Å². The van der Waals surface area contributed by atoms with Crippen LogP contribution in [0.2, 0.25) is 0 Å². The van der Waals surface area contributed by atoms with Gasteiger partial charge in [-0.2, -0.15) is 0 Å². The van der Waals surface area contributed by atoms with Crippen LogP contribution in [0, 0.1) is 18.8 Å². The van der Waals surface area contributed by atoms with E-state index in [2.05, 4.69) is 24.1 Å². The molecule has 1 aliphatic heterocycles. The van der Waals surface area contributed by atoms with Gasteiger partial charge < -0.3 is 5.32 Å². The fraction of sp³-hybridized carbons (Fsp3) is 0.562. The average Bonchev–Trinajstić information content (AvgIpc) is 2.30. The summed E-state index contributed by atoms with van der Waals surface area (Å²) in [5, 5.41) is 3.01. The van der Waals surface area contributed by atoms with Crippen LogP contribution in [0.5, 0.6) is 0 Å². The Balaban J connectivity index is 1.89. The second-order valence-corrected chi connectivity index (χ2v) is 6.00. The monoisotopic (exact) mass is 260 g/mol. The van der Waals surface area contributed by atoms with Gasteiger partial charge in [-0.1, -0.05) is 32.0 Å². The van der Waals surface area contributed by atoms with Crippen molar-refractivity contribution in [3.63, 3.8) is 0 Å². The molecular formula is C16H24N2O. The van der Waals surface area contributed by atoms with Crippen molar-refractivity contribution in [1.82, 2.24) is 4.90 Å². The van der Waals surface area contributed by atoms with Crippen molar-refractivity contribution in [2.45, 2.75) is 27.2 Å². The van der Waals surface area contributed by atoms with Gasteiger partial charge in [-0.05, 0) is 36.8 Å². The molecule has 1 aromatic carbocycles. The fourth-order valence-electron chi connectivity index (χ4n) is 3.03. The Bertz CT molecular complexity index is 434. The molecular weight excluding hydrogens is 236 g/mol. The average molecular weight is 260 g/mol. The lowest BCUT2D eigenvalue weighted by Gasteiger charge is -2.34. The molecule has 104 valence electrons. The molecule has 2 atom stereocenters. The van der Waals surface area contributed by atoms with E-state index in [9.17, 15) is 4.79 Å². The molecule has 1 saturated heterocycles. The number of piperidine rings is 1. The zero-order valence-corrected chi connectivity index (χ0v) is 12.1. The number of hydrogen-bond donors (Lipinski definition) is 1. The predicted molar refractivity (Wildman–Crippen MR) is 79.2 cm³/mol. The van der Waals surface area contributed by atoms with E-state index >= 15 is 0 Å². The minimum Gasteiger partial charge on any atom is -0.325 e. The van der Waals surface area contributed by atoms with Crippen LogP contribution in [-0.4, -0.2) is 30.4 Å². The van der Waals surface area contributed by atoms with Crippen molar-refractivity contribution >= 4 is 11.6 Å². The quantitative estimate of drug-likeness (QED) is 0.906. The van der Waals surface area contributed by atoms with Crippen molar-refractivity contribution in [2.75, 3.05) is 25.0 Å². The highest BCUT2D eigenvalue weighted by Crippen LogP contribution is 2.21. The number of nitrogens with zero attached hydrogens (tertiary/aromatic N) is 1. The summed E-state index contributed by atoms with van der Waals surface area (Å²) in [6.45, 7) is 9.12. The number of carbonyl (C=O) groups is 1. The summed E-state index contributed by atoms with van der Waals surface area (Å²) in [6, 6.07) is 7.90. The summed E-state index contributed by atoms with van der Waals surface area (Å²) in [5.74, 6) is 1.47. The molecule has 0 aromatic heterocycles. The molecule has 19 heavy (non-hydrogen) atoms. The van der Waals surface area contributed by atoms with Gasteiger partial charge in [0.2, 0.25) is 5.91 Å². The van der Waals surface area contributed by atoms with E-state index < -0.39 is 0 Å². The molecule has 0 spiro atoms. The van der Waals surface area contributed by atoms with Gasteiger partial charge in [-0.3, -0.25) is 9.69 Å². The van der Waals surface area contributed by atoms with E-state index in [0.717, 1.165) is 24.3 Å². The Morgan fingerprint density at radius 3 is 2.53 bits per heavy atom. The van der Waals surface area contributed by atoms with Gasteiger partial charge in [0.1, 0.15) is 0 Å². The smallest absolute Gasteiger partial charge is 0.238 e. The fourth-order valence-corrected chi connectivity index (χ4v) is 3.03. The first kappa shape index (κ1) is 14.1. The Morgan fingerprint density at radius 1 is 1.26 bits per heavy atom. The maximum atomic E-state index is 12.1. The summed E-state index contributed by atoms with van der Waals surface area (Å²) >= 11 is 0. The normalized spacial score (nSPS) is 24.2. The third kappa shape index (κ3) is 4.06. The summed E-state index contributed by atoms with van der Waals surface area (Å²) in [4.78, 5) is 14.4. The van der Waals surface area contributed by atoms with Crippen molar-refractivity contribution in [3.8, 4) is 0 Å². The number of nitrogens with one attached hydrogen (secondary N) is 1. The van der Waals surface area contributed by atoms with Crippen LogP contribution in [0.4, 0.5) is 5.69 Å². The number of carbonyl (C=O) groups excluding carboxylic acids is 1. The Kier molecular flexibility index (Phi) is 4.59. The predicted octanol–water partition coefficient (Wildman–Crippen LogP) is 2.91. The van der Waals surface area contributed by atoms with Crippen LogP contribution in [0.3, 0.4) is 0 Å². The van der Waals surface area contributed by atoms with Crippen molar-refractivity contribution in [3.05, 3.63) is 29.8 Å².